The van der Waals surface area contributed by atoms with Crippen molar-refractivity contribution in [3.8, 4) is 0 Å². The number of hydrogen-bond donors (Lipinski definition) is 4. The number of aliphatic hydroxyl groups is 3. The molecule has 1 aliphatic heterocycles. The summed E-state index contributed by atoms with van der Waals surface area (Å²) in [6, 6.07) is 0. The van der Waals surface area contributed by atoms with E-state index in [9.17, 15) is 30.0 Å². The number of carbonyl (C=O) groups is 2. The molecule has 9 nitrogen and oxygen atoms in total. The molecule has 4 unspecified atom stereocenters. The minimum atomic E-state index is -1.79. The first-order valence-electron chi connectivity index (χ1n) is 13.5. The monoisotopic (exact) mass is 520 g/mol. The number of rotatable bonds is 6. The van der Waals surface area contributed by atoms with Crippen LogP contribution in [0.1, 0.15) is 58.8 Å². The van der Waals surface area contributed by atoms with Gasteiger partial charge in [-0.25, -0.2) is 4.79 Å². The van der Waals surface area contributed by atoms with Gasteiger partial charge >= 0.3 is 5.97 Å². The fourth-order valence-electron chi connectivity index (χ4n) is 8.44. The molecule has 0 aromatic heterocycles. The van der Waals surface area contributed by atoms with Gasteiger partial charge in [-0.05, 0) is 78.8 Å². The number of carbonyl (C=O) groups excluding carboxylic acids is 1. The molecule has 1 heterocycles. The van der Waals surface area contributed by atoms with Gasteiger partial charge in [0.05, 0.1) is 12.9 Å². The van der Waals surface area contributed by atoms with Crippen molar-refractivity contribution in [2.75, 3.05) is 13.7 Å². The largest absolute Gasteiger partial charge is 0.501 e. The molecule has 4 aliphatic carbocycles. The molecule has 1 saturated heterocycles. The van der Waals surface area contributed by atoms with E-state index in [-0.39, 0.29) is 29.1 Å². The standard InChI is InChI=1S/C28H40O9/c1-27-10-8-15(35-3)12-14(27)4-5-16-17-6-7-19(28(17,2)11-9-18(16)27)20(29)13-36-26-23(32)21(30)22(31)24(37-26)25(33)34/h4,12,16-19,21-24,26,30-32H,5-11,13H2,1-3H3,(H,33,34)/t16?,17?,18?,19-,21+,22+,23-,24+,26?,27+,28+/m1/s1. The first kappa shape index (κ1) is 26.8. The number of fused-ring (bicyclic) bond motifs is 5. The first-order valence-corrected chi connectivity index (χ1v) is 13.5. The van der Waals surface area contributed by atoms with Crippen LogP contribution in [0.25, 0.3) is 0 Å². The molecule has 0 bridgehead atoms. The van der Waals surface area contributed by atoms with Crippen molar-refractivity contribution >= 4 is 11.8 Å². The summed E-state index contributed by atoms with van der Waals surface area (Å²) in [5.74, 6) is 0.846. The summed E-state index contributed by atoms with van der Waals surface area (Å²) in [5, 5.41) is 39.4. The molecule has 5 rings (SSSR count). The Bertz CT molecular complexity index is 990. The van der Waals surface area contributed by atoms with E-state index >= 15 is 0 Å². The van der Waals surface area contributed by atoms with E-state index in [0.29, 0.717) is 17.8 Å². The number of aliphatic carboxylic acids is 1. The molecular formula is C28H40O9. The maximum absolute atomic E-state index is 13.4. The lowest BCUT2D eigenvalue weighted by Crippen LogP contribution is -2.60. The Balaban J connectivity index is 1.27. The predicted molar refractivity (Wildman–Crippen MR) is 131 cm³/mol. The van der Waals surface area contributed by atoms with E-state index in [2.05, 4.69) is 26.0 Å². The number of Topliss-reactive ketones (excluding diaryl/α,β-unsaturated/α-hetero) is 1. The van der Waals surface area contributed by atoms with Gasteiger partial charge < -0.3 is 34.6 Å². The number of ketones is 1. The fraction of sp³-hybridized carbons (Fsp3) is 0.786. The minimum Gasteiger partial charge on any atom is -0.501 e. The van der Waals surface area contributed by atoms with Gasteiger partial charge in [-0.2, -0.15) is 0 Å². The maximum Gasteiger partial charge on any atom is 0.335 e. The van der Waals surface area contributed by atoms with Crippen LogP contribution in [-0.4, -0.2) is 76.6 Å². The van der Waals surface area contributed by atoms with Crippen LogP contribution in [0.15, 0.2) is 23.5 Å². The van der Waals surface area contributed by atoms with Crippen LogP contribution >= 0.6 is 0 Å². The topological polar surface area (TPSA) is 143 Å². The zero-order valence-corrected chi connectivity index (χ0v) is 21.8. The van der Waals surface area contributed by atoms with Crippen molar-refractivity contribution in [1.29, 1.82) is 0 Å². The van der Waals surface area contributed by atoms with Gasteiger partial charge in [0.1, 0.15) is 24.9 Å². The first-order chi connectivity index (χ1) is 17.5. The Morgan fingerprint density at radius 3 is 2.51 bits per heavy atom. The van der Waals surface area contributed by atoms with Crippen molar-refractivity contribution in [1.82, 2.24) is 0 Å². The third kappa shape index (κ3) is 4.27. The molecule has 37 heavy (non-hydrogen) atoms. The number of carboxylic acid groups (broad SMARTS) is 1. The number of aliphatic hydroxyl groups excluding tert-OH is 3. The zero-order chi connectivity index (χ0) is 26.7. The van der Waals surface area contributed by atoms with E-state index in [0.717, 1.165) is 50.7 Å². The summed E-state index contributed by atoms with van der Waals surface area (Å²) < 4.78 is 16.2. The van der Waals surface area contributed by atoms with Crippen molar-refractivity contribution in [2.45, 2.75) is 89.5 Å². The van der Waals surface area contributed by atoms with E-state index in [4.69, 9.17) is 14.2 Å². The van der Waals surface area contributed by atoms with Crippen molar-refractivity contribution in [3.05, 3.63) is 23.5 Å². The molecular weight excluding hydrogens is 480 g/mol. The Kier molecular flexibility index (Phi) is 7.07. The summed E-state index contributed by atoms with van der Waals surface area (Å²) >= 11 is 0. The van der Waals surface area contributed by atoms with Gasteiger partial charge in [-0.3, -0.25) is 4.79 Å². The van der Waals surface area contributed by atoms with Crippen molar-refractivity contribution in [3.63, 3.8) is 0 Å². The van der Waals surface area contributed by atoms with Gasteiger partial charge in [0.2, 0.25) is 0 Å². The highest BCUT2D eigenvalue weighted by Gasteiger charge is 2.59. The average molecular weight is 521 g/mol. The Labute approximate surface area is 217 Å². The molecule has 11 atom stereocenters. The Morgan fingerprint density at radius 2 is 1.81 bits per heavy atom. The lowest BCUT2D eigenvalue weighted by Gasteiger charge is -2.57. The van der Waals surface area contributed by atoms with E-state index in [1.807, 2.05) is 0 Å². The minimum absolute atomic E-state index is 0.0877. The number of carboxylic acids is 1. The highest BCUT2D eigenvalue weighted by Crippen LogP contribution is 2.66. The van der Waals surface area contributed by atoms with Crippen LogP contribution in [-0.2, 0) is 23.8 Å². The molecule has 0 spiro atoms. The molecule has 206 valence electrons. The quantitative estimate of drug-likeness (QED) is 0.414. The number of hydrogen-bond acceptors (Lipinski definition) is 8. The van der Waals surface area contributed by atoms with Crippen LogP contribution in [0, 0.1) is 34.5 Å². The number of ether oxygens (including phenoxy) is 3. The lowest BCUT2D eigenvalue weighted by molar-refractivity contribution is -0.292. The van der Waals surface area contributed by atoms with Crippen LogP contribution < -0.4 is 0 Å². The van der Waals surface area contributed by atoms with E-state index in [1.54, 1.807) is 7.11 Å². The normalized spacial score (nSPS) is 47.1. The average Bonchev–Trinajstić information content (AvgIpc) is 3.23. The summed E-state index contributed by atoms with van der Waals surface area (Å²) in [7, 11) is 1.74. The Hall–Kier alpha value is -1.78. The van der Waals surface area contributed by atoms with Crippen LogP contribution in [0.4, 0.5) is 0 Å². The molecule has 0 aromatic carbocycles. The van der Waals surface area contributed by atoms with Crippen molar-refractivity contribution in [2.24, 2.45) is 34.5 Å². The highest BCUT2D eigenvalue weighted by atomic mass is 16.7. The van der Waals surface area contributed by atoms with E-state index < -0.39 is 36.7 Å². The number of methoxy groups -OCH3 is 1. The SMILES string of the molecule is COC1=CC2=CCC3C(CC[C@@]4(C)C3CC[C@@H]4C(=O)COC3O[C@H](C(=O)O)[C@@H](O)[C@H](O)[C@H]3O)[C@@]2(C)CC1. The van der Waals surface area contributed by atoms with Crippen molar-refractivity contribution < 1.29 is 44.2 Å². The molecule has 0 amide bonds. The predicted octanol–water partition coefficient (Wildman–Crippen LogP) is 2.18. The van der Waals surface area contributed by atoms with Crippen LogP contribution in [0.5, 0.6) is 0 Å². The molecule has 0 aromatic rings. The molecule has 9 heteroatoms. The van der Waals surface area contributed by atoms with E-state index in [1.165, 1.54) is 5.57 Å². The molecule has 2 saturated carbocycles. The van der Waals surface area contributed by atoms with Crippen LogP contribution in [0.3, 0.4) is 0 Å². The van der Waals surface area contributed by atoms with Crippen LogP contribution in [0.2, 0.25) is 0 Å². The second-order valence-electron chi connectivity index (χ2n) is 12.2. The molecule has 4 N–H and O–H groups in total. The zero-order valence-electron chi connectivity index (χ0n) is 21.8. The maximum atomic E-state index is 13.4. The van der Waals surface area contributed by atoms with Gasteiger partial charge in [0, 0.05) is 12.3 Å². The molecule has 5 aliphatic rings. The number of allylic oxidation sites excluding steroid dienone is 4. The second-order valence-corrected chi connectivity index (χ2v) is 12.2. The second kappa shape index (κ2) is 9.75. The lowest BCUT2D eigenvalue weighted by atomic mass is 9.48. The third-order valence-electron chi connectivity index (χ3n) is 10.6. The Morgan fingerprint density at radius 1 is 1.05 bits per heavy atom. The van der Waals surface area contributed by atoms with Gasteiger partial charge in [-0.15, -0.1) is 0 Å². The summed E-state index contributed by atoms with van der Waals surface area (Å²) in [4.78, 5) is 24.8. The third-order valence-corrected chi connectivity index (χ3v) is 10.6. The van der Waals surface area contributed by atoms with Gasteiger partial charge in [0.15, 0.2) is 18.2 Å². The highest BCUT2D eigenvalue weighted by molar-refractivity contribution is 5.83. The fourth-order valence-corrected chi connectivity index (χ4v) is 8.44. The molecule has 3 fully saturated rings. The van der Waals surface area contributed by atoms with Gasteiger partial charge in [-0.1, -0.05) is 19.9 Å². The summed E-state index contributed by atoms with van der Waals surface area (Å²) in [5.41, 5.74) is 1.40. The summed E-state index contributed by atoms with van der Waals surface area (Å²) in [6.07, 6.45) is 3.02. The molecule has 0 radical (unpaired) electrons. The smallest absolute Gasteiger partial charge is 0.335 e. The summed E-state index contributed by atoms with van der Waals surface area (Å²) in [6.45, 7) is 4.30. The van der Waals surface area contributed by atoms with Gasteiger partial charge in [0.25, 0.3) is 0 Å².